The summed E-state index contributed by atoms with van der Waals surface area (Å²) in [5, 5.41) is 18.3. The van der Waals surface area contributed by atoms with Crippen molar-refractivity contribution in [3.8, 4) is 0 Å². The summed E-state index contributed by atoms with van der Waals surface area (Å²) in [5.74, 6) is -0.0710. The lowest BCUT2D eigenvalue weighted by Crippen LogP contribution is -2.43. The number of carbonyl (C=O) groups is 1. The highest BCUT2D eigenvalue weighted by molar-refractivity contribution is 5.93. The third kappa shape index (κ3) is 2.43. The van der Waals surface area contributed by atoms with Crippen molar-refractivity contribution < 1.29 is 15.0 Å². The maximum absolute atomic E-state index is 11.2. The molecule has 1 aliphatic carbocycles. The zero-order valence-electron chi connectivity index (χ0n) is 10.3. The average Bonchev–Trinajstić information content (AvgIpc) is 2.25. The van der Waals surface area contributed by atoms with Crippen LogP contribution in [-0.2, 0) is 0 Å². The van der Waals surface area contributed by atoms with Gasteiger partial charge in [-0.15, -0.1) is 0 Å². The molecule has 98 valence electrons. The monoisotopic (exact) mass is 251 g/mol. The topological polar surface area (TPSA) is 86.5 Å². The molecule has 0 saturated heterocycles. The molecule has 0 aromatic carbocycles. The molecule has 0 spiro atoms. The van der Waals surface area contributed by atoms with Crippen LogP contribution >= 0.6 is 0 Å². The van der Waals surface area contributed by atoms with Gasteiger partial charge >= 0.3 is 5.97 Å². The van der Waals surface area contributed by atoms with E-state index in [1.165, 1.54) is 6.20 Å². The molecule has 6 heteroatoms. The maximum atomic E-state index is 11.2. The summed E-state index contributed by atoms with van der Waals surface area (Å²) in [7, 11) is 0. The molecule has 1 aromatic heterocycles. The summed E-state index contributed by atoms with van der Waals surface area (Å²) in [5.41, 5.74) is 0.0981. The van der Waals surface area contributed by atoms with Gasteiger partial charge in [0.1, 0.15) is 17.2 Å². The maximum Gasteiger partial charge on any atom is 0.341 e. The first-order valence-electron chi connectivity index (χ1n) is 6.08. The number of aromatic carboxylic acids is 1. The molecule has 2 rings (SSSR count). The van der Waals surface area contributed by atoms with Gasteiger partial charge in [0.2, 0.25) is 0 Å². The summed E-state index contributed by atoms with van der Waals surface area (Å²) >= 11 is 0. The van der Waals surface area contributed by atoms with Crippen LogP contribution in [-0.4, -0.2) is 45.3 Å². The number of hydrogen-bond donors (Lipinski definition) is 2. The predicted octanol–water partition coefficient (Wildman–Crippen LogP) is 0.834. The Balaban J connectivity index is 2.37. The fraction of sp³-hybridized carbons (Fsp3) is 0.583. The fourth-order valence-corrected chi connectivity index (χ4v) is 2.10. The van der Waals surface area contributed by atoms with E-state index in [1.54, 1.807) is 6.92 Å². The quantitative estimate of drug-likeness (QED) is 0.806. The molecule has 0 radical (unpaired) electrons. The summed E-state index contributed by atoms with van der Waals surface area (Å²) < 4.78 is 0. The van der Waals surface area contributed by atoms with Crippen molar-refractivity contribution in [2.75, 3.05) is 18.1 Å². The van der Waals surface area contributed by atoms with Gasteiger partial charge < -0.3 is 15.1 Å². The number of aromatic nitrogens is 2. The second-order valence-electron chi connectivity index (χ2n) is 4.46. The molecule has 0 atom stereocenters. The van der Waals surface area contributed by atoms with Crippen LogP contribution in [0, 0.1) is 6.92 Å². The number of nitrogens with zero attached hydrogens (tertiary/aromatic N) is 3. The molecule has 1 aliphatic rings. The van der Waals surface area contributed by atoms with Crippen LogP contribution in [0.5, 0.6) is 0 Å². The molecule has 0 bridgehead atoms. The van der Waals surface area contributed by atoms with Crippen molar-refractivity contribution in [3.05, 3.63) is 17.6 Å². The first-order chi connectivity index (χ1) is 8.63. The Labute approximate surface area is 105 Å². The predicted molar refractivity (Wildman–Crippen MR) is 65.8 cm³/mol. The van der Waals surface area contributed by atoms with E-state index in [-0.39, 0.29) is 18.2 Å². The molecule has 0 unspecified atom stereocenters. The standard InChI is InChI=1S/C12H17N3O3/c1-8-13-7-10(12(17)18)11(14-8)15(5-6-16)9-3-2-4-9/h7,9,16H,2-6H2,1H3,(H,17,18). The van der Waals surface area contributed by atoms with Gasteiger partial charge in [-0.2, -0.15) is 0 Å². The SMILES string of the molecule is Cc1ncc(C(=O)O)c(N(CCO)C2CCC2)n1. The van der Waals surface area contributed by atoms with Gasteiger partial charge in [0, 0.05) is 18.8 Å². The lowest BCUT2D eigenvalue weighted by atomic mass is 9.91. The molecule has 1 saturated carbocycles. The molecule has 1 fully saturated rings. The van der Waals surface area contributed by atoms with Crippen LogP contribution in [0.1, 0.15) is 35.4 Å². The van der Waals surface area contributed by atoms with Gasteiger partial charge in [-0.3, -0.25) is 0 Å². The Hall–Kier alpha value is -1.69. The van der Waals surface area contributed by atoms with Gasteiger partial charge in [0.05, 0.1) is 6.61 Å². The van der Waals surface area contributed by atoms with Crippen molar-refractivity contribution in [2.24, 2.45) is 0 Å². The minimum Gasteiger partial charge on any atom is -0.477 e. The number of anilines is 1. The molecule has 2 N–H and O–H groups in total. The van der Waals surface area contributed by atoms with Gasteiger partial charge in [0.25, 0.3) is 0 Å². The van der Waals surface area contributed by atoms with Crippen LogP contribution in [0.4, 0.5) is 5.82 Å². The summed E-state index contributed by atoms with van der Waals surface area (Å²) in [6, 6.07) is 0.282. The average molecular weight is 251 g/mol. The third-order valence-corrected chi connectivity index (χ3v) is 3.25. The molecule has 0 amide bonds. The second-order valence-corrected chi connectivity index (χ2v) is 4.46. The van der Waals surface area contributed by atoms with Crippen molar-refractivity contribution >= 4 is 11.8 Å². The van der Waals surface area contributed by atoms with Crippen molar-refractivity contribution in [1.29, 1.82) is 0 Å². The highest BCUT2D eigenvalue weighted by Crippen LogP contribution is 2.30. The molecule has 6 nitrogen and oxygen atoms in total. The third-order valence-electron chi connectivity index (χ3n) is 3.25. The fourth-order valence-electron chi connectivity index (χ4n) is 2.10. The van der Waals surface area contributed by atoms with E-state index >= 15 is 0 Å². The van der Waals surface area contributed by atoms with E-state index in [9.17, 15) is 9.90 Å². The number of carboxylic acids is 1. The number of rotatable bonds is 5. The largest absolute Gasteiger partial charge is 0.477 e. The first-order valence-corrected chi connectivity index (χ1v) is 6.08. The molecule has 1 heterocycles. The van der Waals surface area contributed by atoms with Crippen molar-refractivity contribution in [1.82, 2.24) is 9.97 Å². The number of aryl methyl sites for hydroxylation is 1. The Morgan fingerprint density at radius 1 is 1.56 bits per heavy atom. The van der Waals surface area contributed by atoms with Gasteiger partial charge in [-0.25, -0.2) is 14.8 Å². The number of hydrogen-bond acceptors (Lipinski definition) is 5. The molecule has 0 aliphatic heterocycles. The van der Waals surface area contributed by atoms with E-state index in [1.807, 2.05) is 4.90 Å². The van der Waals surface area contributed by atoms with Crippen molar-refractivity contribution in [3.63, 3.8) is 0 Å². The van der Waals surface area contributed by atoms with Gasteiger partial charge in [0.15, 0.2) is 0 Å². The van der Waals surface area contributed by atoms with Crippen LogP contribution < -0.4 is 4.90 Å². The summed E-state index contributed by atoms with van der Waals surface area (Å²) in [4.78, 5) is 21.3. The van der Waals surface area contributed by atoms with E-state index in [4.69, 9.17) is 5.11 Å². The van der Waals surface area contributed by atoms with E-state index < -0.39 is 5.97 Å². The lowest BCUT2D eigenvalue weighted by Gasteiger charge is -2.38. The van der Waals surface area contributed by atoms with Gasteiger partial charge in [-0.1, -0.05) is 0 Å². The van der Waals surface area contributed by atoms with E-state index in [0.717, 1.165) is 19.3 Å². The number of aliphatic hydroxyl groups is 1. The molecule has 18 heavy (non-hydrogen) atoms. The summed E-state index contributed by atoms with van der Waals surface area (Å²) in [6.07, 6.45) is 4.51. The zero-order valence-corrected chi connectivity index (χ0v) is 10.3. The van der Waals surface area contributed by atoms with Crippen LogP contribution in [0.2, 0.25) is 0 Å². The Morgan fingerprint density at radius 3 is 2.78 bits per heavy atom. The number of aliphatic hydroxyl groups excluding tert-OH is 1. The Bertz CT molecular complexity index is 446. The van der Waals surface area contributed by atoms with E-state index in [0.29, 0.717) is 18.2 Å². The smallest absolute Gasteiger partial charge is 0.341 e. The normalized spacial score (nSPS) is 15.2. The molecule has 1 aromatic rings. The highest BCUT2D eigenvalue weighted by Gasteiger charge is 2.29. The van der Waals surface area contributed by atoms with Crippen LogP contribution in [0.25, 0.3) is 0 Å². The van der Waals surface area contributed by atoms with Crippen LogP contribution in [0.15, 0.2) is 6.20 Å². The minimum atomic E-state index is -1.03. The second kappa shape index (κ2) is 5.30. The zero-order chi connectivity index (χ0) is 13.1. The molecular formula is C12H17N3O3. The highest BCUT2D eigenvalue weighted by atomic mass is 16.4. The Kier molecular flexibility index (Phi) is 3.76. The van der Waals surface area contributed by atoms with Crippen LogP contribution in [0.3, 0.4) is 0 Å². The van der Waals surface area contributed by atoms with Gasteiger partial charge in [-0.05, 0) is 26.2 Å². The minimum absolute atomic E-state index is 0.0153. The first kappa shape index (κ1) is 12.8. The Morgan fingerprint density at radius 2 is 2.28 bits per heavy atom. The molecular weight excluding hydrogens is 234 g/mol. The van der Waals surface area contributed by atoms with E-state index in [2.05, 4.69) is 9.97 Å². The summed E-state index contributed by atoms with van der Waals surface area (Å²) in [6.45, 7) is 2.12. The van der Waals surface area contributed by atoms with Crippen molar-refractivity contribution in [2.45, 2.75) is 32.2 Å². The lowest BCUT2D eigenvalue weighted by molar-refractivity contribution is 0.0696. The number of carboxylic acid groups (broad SMARTS) is 1.